The van der Waals surface area contributed by atoms with Crippen molar-refractivity contribution in [3.8, 4) is 11.5 Å². The fourth-order valence-corrected chi connectivity index (χ4v) is 2.46. The Bertz CT molecular complexity index is 498. The Hall–Kier alpha value is -1.50. The van der Waals surface area contributed by atoms with Crippen LogP contribution in [0.2, 0.25) is 0 Å². The minimum atomic E-state index is -0.407. The summed E-state index contributed by atoms with van der Waals surface area (Å²) in [5.41, 5.74) is 6.40. The van der Waals surface area contributed by atoms with Crippen molar-refractivity contribution in [3.63, 3.8) is 0 Å². The molecule has 22 heavy (non-hydrogen) atoms. The van der Waals surface area contributed by atoms with E-state index in [4.69, 9.17) is 19.9 Å². The summed E-state index contributed by atoms with van der Waals surface area (Å²) in [6.07, 6.45) is 1.13. The van der Waals surface area contributed by atoms with Gasteiger partial charge in [0.2, 0.25) is 5.91 Å². The van der Waals surface area contributed by atoms with Crippen LogP contribution in [0.1, 0.15) is 18.4 Å². The Balaban J connectivity index is 0.00000242. The number of hydrogen-bond donors (Lipinski definition) is 2. The van der Waals surface area contributed by atoms with Crippen LogP contribution in [0.3, 0.4) is 0 Å². The van der Waals surface area contributed by atoms with Gasteiger partial charge in [-0.1, -0.05) is 12.1 Å². The molecule has 0 aromatic heterocycles. The Labute approximate surface area is 136 Å². The number of ether oxygens (including phenoxy) is 3. The number of hydrogen-bond acceptors (Lipinski definition) is 5. The van der Waals surface area contributed by atoms with Crippen molar-refractivity contribution in [2.45, 2.75) is 31.6 Å². The summed E-state index contributed by atoms with van der Waals surface area (Å²) in [4.78, 5) is 12.1. The highest BCUT2D eigenvalue weighted by Crippen LogP contribution is 2.30. The average molecular weight is 331 g/mol. The number of nitrogens with one attached hydrogen (secondary N) is 1. The van der Waals surface area contributed by atoms with Gasteiger partial charge in [0, 0.05) is 18.7 Å². The molecule has 1 aliphatic heterocycles. The highest BCUT2D eigenvalue weighted by molar-refractivity contribution is 5.85. The van der Waals surface area contributed by atoms with Gasteiger partial charge in [0.1, 0.15) is 6.10 Å². The Morgan fingerprint density at radius 1 is 1.36 bits per heavy atom. The number of halogens is 1. The van der Waals surface area contributed by atoms with E-state index in [0.717, 1.165) is 12.0 Å². The lowest BCUT2D eigenvalue weighted by atomic mass is 10.1. The molecule has 7 heteroatoms. The zero-order chi connectivity index (χ0) is 15.2. The fourth-order valence-electron chi connectivity index (χ4n) is 2.46. The second-order valence-corrected chi connectivity index (χ2v) is 4.93. The molecule has 1 aliphatic rings. The zero-order valence-corrected chi connectivity index (χ0v) is 13.7. The maximum absolute atomic E-state index is 12.1. The molecule has 6 nitrogen and oxygen atoms in total. The van der Waals surface area contributed by atoms with E-state index in [-0.39, 0.29) is 24.4 Å². The molecule has 0 spiro atoms. The Morgan fingerprint density at radius 3 is 2.73 bits per heavy atom. The standard InChI is InChI=1S/C15H22N2O4.ClH/c1-19-12-5-3-4-10(14(12)20-2)9-17-15(18)13-7-6-11(8-16)21-13;/h3-5,11,13H,6-9,16H2,1-2H3,(H,17,18);1H/t11-,13+;/m1./s1. The first kappa shape index (κ1) is 18.5. The lowest BCUT2D eigenvalue weighted by Crippen LogP contribution is -2.35. The van der Waals surface area contributed by atoms with Crippen LogP contribution in [-0.2, 0) is 16.1 Å². The van der Waals surface area contributed by atoms with E-state index in [2.05, 4.69) is 5.32 Å². The molecule has 0 saturated carbocycles. The van der Waals surface area contributed by atoms with Crippen LogP contribution in [0.25, 0.3) is 0 Å². The highest BCUT2D eigenvalue weighted by Gasteiger charge is 2.29. The lowest BCUT2D eigenvalue weighted by molar-refractivity contribution is -0.132. The third-order valence-corrected chi connectivity index (χ3v) is 3.60. The van der Waals surface area contributed by atoms with Gasteiger partial charge < -0.3 is 25.3 Å². The quantitative estimate of drug-likeness (QED) is 0.820. The highest BCUT2D eigenvalue weighted by atomic mass is 35.5. The topological polar surface area (TPSA) is 82.8 Å². The Kier molecular flexibility index (Phi) is 7.44. The molecule has 2 atom stereocenters. The molecule has 1 saturated heterocycles. The zero-order valence-electron chi connectivity index (χ0n) is 12.8. The predicted octanol–water partition coefficient (Wildman–Crippen LogP) is 1.25. The number of methoxy groups -OCH3 is 2. The number of carbonyl (C=O) groups is 1. The molecule has 0 radical (unpaired) electrons. The van der Waals surface area contributed by atoms with E-state index in [0.29, 0.717) is 31.0 Å². The monoisotopic (exact) mass is 330 g/mol. The van der Waals surface area contributed by atoms with E-state index in [1.165, 1.54) is 0 Å². The molecule has 1 amide bonds. The van der Waals surface area contributed by atoms with Gasteiger partial charge in [-0.15, -0.1) is 12.4 Å². The summed E-state index contributed by atoms with van der Waals surface area (Å²) in [7, 11) is 3.16. The number of rotatable bonds is 6. The molecule has 0 bridgehead atoms. The minimum Gasteiger partial charge on any atom is -0.493 e. The van der Waals surface area contributed by atoms with E-state index in [1.54, 1.807) is 14.2 Å². The minimum absolute atomic E-state index is 0. The van der Waals surface area contributed by atoms with Crippen LogP contribution in [0.5, 0.6) is 11.5 Å². The predicted molar refractivity (Wildman–Crippen MR) is 85.6 cm³/mol. The summed E-state index contributed by atoms with van der Waals surface area (Å²) < 4.78 is 16.1. The maximum atomic E-state index is 12.1. The number of amides is 1. The van der Waals surface area contributed by atoms with Crippen LogP contribution >= 0.6 is 12.4 Å². The van der Waals surface area contributed by atoms with Gasteiger partial charge in [0.15, 0.2) is 11.5 Å². The van der Waals surface area contributed by atoms with Gasteiger partial charge in [0.05, 0.1) is 20.3 Å². The SMILES string of the molecule is COc1cccc(CNC(=O)[C@@H]2CC[C@H](CN)O2)c1OC.Cl. The summed E-state index contributed by atoms with van der Waals surface area (Å²) in [5.74, 6) is 1.16. The van der Waals surface area contributed by atoms with Crippen LogP contribution in [0.15, 0.2) is 18.2 Å². The van der Waals surface area contributed by atoms with Crippen molar-refractivity contribution < 1.29 is 19.0 Å². The third-order valence-electron chi connectivity index (χ3n) is 3.60. The van der Waals surface area contributed by atoms with Gasteiger partial charge in [-0.25, -0.2) is 0 Å². The molecular weight excluding hydrogens is 308 g/mol. The first-order valence-electron chi connectivity index (χ1n) is 7.02. The second kappa shape index (κ2) is 8.82. The van der Waals surface area contributed by atoms with Gasteiger partial charge in [-0.05, 0) is 18.9 Å². The molecule has 1 aromatic rings. The van der Waals surface area contributed by atoms with Gasteiger partial charge in [-0.3, -0.25) is 4.79 Å². The lowest BCUT2D eigenvalue weighted by Gasteiger charge is -2.15. The van der Waals surface area contributed by atoms with E-state index < -0.39 is 6.10 Å². The van der Waals surface area contributed by atoms with Gasteiger partial charge >= 0.3 is 0 Å². The number of nitrogens with two attached hydrogens (primary N) is 1. The van der Waals surface area contributed by atoms with Crippen molar-refractivity contribution >= 4 is 18.3 Å². The smallest absolute Gasteiger partial charge is 0.249 e. The largest absolute Gasteiger partial charge is 0.493 e. The van der Waals surface area contributed by atoms with Gasteiger partial charge in [-0.2, -0.15) is 0 Å². The number of carbonyl (C=O) groups excluding carboxylic acids is 1. The Morgan fingerprint density at radius 2 is 2.14 bits per heavy atom. The summed E-state index contributed by atoms with van der Waals surface area (Å²) in [6.45, 7) is 0.819. The van der Waals surface area contributed by atoms with E-state index in [9.17, 15) is 4.79 Å². The van der Waals surface area contributed by atoms with Crippen LogP contribution in [0.4, 0.5) is 0 Å². The number of benzene rings is 1. The third kappa shape index (κ3) is 4.25. The molecule has 0 aliphatic carbocycles. The van der Waals surface area contributed by atoms with Crippen molar-refractivity contribution in [1.82, 2.24) is 5.32 Å². The van der Waals surface area contributed by atoms with Crippen LogP contribution in [-0.4, -0.2) is 38.9 Å². The van der Waals surface area contributed by atoms with E-state index in [1.807, 2.05) is 18.2 Å². The molecule has 2 rings (SSSR count). The van der Waals surface area contributed by atoms with Crippen molar-refractivity contribution in [1.29, 1.82) is 0 Å². The maximum Gasteiger partial charge on any atom is 0.249 e. The fraction of sp³-hybridized carbons (Fsp3) is 0.533. The molecule has 124 valence electrons. The van der Waals surface area contributed by atoms with Crippen molar-refractivity contribution in [2.24, 2.45) is 5.73 Å². The second-order valence-electron chi connectivity index (χ2n) is 4.93. The average Bonchev–Trinajstić information content (AvgIpc) is 3.01. The normalized spacial score (nSPS) is 20.1. The van der Waals surface area contributed by atoms with Crippen molar-refractivity contribution in [3.05, 3.63) is 23.8 Å². The van der Waals surface area contributed by atoms with Crippen molar-refractivity contribution in [2.75, 3.05) is 20.8 Å². The molecular formula is C15H23ClN2O4. The molecule has 1 aromatic carbocycles. The first-order valence-corrected chi connectivity index (χ1v) is 7.02. The molecule has 1 heterocycles. The van der Waals surface area contributed by atoms with Crippen LogP contribution in [0, 0.1) is 0 Å². The van der Waals surface area contributed by atoms with Crippen LogP contribution < -0.4 is 20.5 Å². The van der Waals surface area contributed by atoms with E-state index >= 15 is 0 Å². The number of para-hydroxylation sites is 1. The summed E-state index contributed by atoms with van der Waals surface area (Å²) in [6, 6.07) is 5.56. The molecule has 1 fully saturated rings. The molecule has 0 unspecified atom stereocenters. The summed E-state index contributed by atoms with van der Waals surface area (Å²) in [5, 5.41) is 2.87. The van der Waals surface area contributed by atoms with Gasteiger partial charge in [0.25, 0.3) is 0 Å². The summed E-state index contributed by atoms with van der Waals surface area (Å²) >= 11 is 0. The molecule has 3 N–H and O–H groups in total. The first-order chi connectivity index (χ1) is 10.2.